The number of carbonyl (C=O) groups excluding carboxylic acids is 3. The van der Waals surface area contributed by atoms with Gasteiger partial charge in [-0.2, -0.15) is 0 Å². The van der Waals surface area contributed by atoms with Gasteiger partial charge in [-0.3, -0.25) is 14.5 Å². The molecular formula is C23H25FN4O4. The first-order valence-corrected chi connectivity index (χ1v) is 10.5. The van der Waals surface area contributed by atoms with Gasteiger partial charge < -0.3 is 19.9 Å². The molecule has 8 nitrogen and oxygen atoms in total. The van der Waals surface area contributed by atoms with E-state index < -0.39 is 18.5 Å². The van der Waals surface area contributed by atoms with E-state index in [9.17, 15) is 18.8 Å². The molecular weight excluding hydrogens is 415 g/mol. The van der Waals surface area contributed by atoms with Crippen molar-refractivity contribution in [1.82, 2.24) is 10.2 Å². The van der Waals surface area contributed by atoms with E-state index in [-0.39, 0.29) is 31.4 Å². The summed E-state index contributed by atoms with van der Waals surface area (Å²) in [6.45, 7) is 2.86. The number of nitrogens with one attached hydrogen (secondary N) is 1. The minimum Gasteiger partial charge on any atom is -0.442 e. The van der Waals surface area contributed by atoms with Crippen LogP contribution in [0.3, 0.4) is 0 Å². The number of cyclic esters (lactones) is 1. The number of alkyl halides is 1. The lowest BCUT2D eigenvalue weighted by molar-refractivity contribution is -0.119. The Hall–Kier alpha value is -3.62. The summed E-state index contributed by atoms with van der Waals surface area (Å²) in [5, 5.41) is 2.65. The van der Waals surface area contributed by atoms with Gasteiger partial charge in [0, 0.05) is 37.0 Å². The zero-order valence-electron chi connectivity index (χ0n) is 17.7. The monoisotopic (exact) mass is 440 g/mol. The normalized spacial score (nSPS) is 20.8. The summed E-state index contributed by atoms with van der Waals surface area (Å²) < 4.78 is 20.1. The van der Waals surface area contributed by atoms with Gasteiger partial charge in [-0.05, 0) is 36.4 Å². The minimum absolute atomic E-state index is 0.0719. The van der Waals surface area contributed by atoms with Crippen LogP contribution < -0.4 is 15.1 Å². The number of carbonyl (C=O) groups is 3. The number of piperazine rings is 1. The van der Waals surface area contributed by atoms with Crippen LogP contribution in [0.15, 0.2) is 54.6 Å². The van der Waals surface area contributed by atoms with Crippen LogP contribution >= 0.6 is 0 Å². The molecule has 0 radical (unpaired) electrons. The number of benzene rings is 2. The van der Waals surface area contributed by atoms with E-state index in [4.69, 9.17) is 4.74 Å². The van der Waals surface area contributed by atoms with Crippen molar-refractivity contribution in [2.75, 3.05) is 42.5 Å². The smallest absolute Gasteiger partial charge is 0.414 e. The Kier molecular flexibility index (Phi) is 6.25. The molecule has 0 aromatic heterocycles. The lowest BCUT2D eigenvalue weighted by Crippen LogP contribution is -2.53. The highest BCUT2D eigenvalue weighted by Gasteiger charge is 2.33. The van der Waals surface area contributed by atoms with Crippen molar-refractivity contribution in [3.8, 4) is 0 Å². The molecule has 2 aromatic carbocycles. The van der Waals surface area contributed by atoms with Crippen LogP contribution in [0.25, 0.3) is 0 Å². The maximum absolute atomic E-state index is 14.8. The van der Waals surface area contributed by atoms with Gasteiger partial charge in [-0.1, -0.05) is 18.2 Å². The van der Waals surface area contributed by atoms with Crippen molar-refractivity contribution >= 4 is 29.3 Å². The second kappa shape index (κ2) is 9.25. The quantitative estimate of drug-likeness (QED) is 0.722. The van der Waals surface area contributed by atoms with Crippen LogP contribution in [0.5, 0.6) is 0 Å². The fraction of sp³-hybridized carbons (Fsp3) is 0.348. The third-order valence-corrected chi connectivity index (χ3v) is 5.58. The van der Waals surface area contributed by atoms with Crippen LogP contribution in [0.4, 0.5) is 20.6 Å². The second-order valence-electron chi connectivity index (χ2n) is 7.81. The lowest BCUT2D eigenvalue weighted by Gasteiger charge is -2.38. The molecule has 2 unspecified atom stereocenters. The molecule has 1 N–H and O–H groups in total. The fourth-order valence-electron chi connectivity index (χ4n) is 3.89. The highest BCUT2D eigenvalue weighted by molar-refractivity contribution is 5.94. The molecule has 2 aliphatic heterocycles. The summed E-state index contributed by atoms with van der Waals surface area (Å²) in [5.74, 6) is -0.491. The first-order valence-electron chi connectivity index (χ1n) is 10.5. The molecule has 2 heterocycles. The van der Waals surface area contributed by atoms with E-state index in [2.05, 4.69) is 5.32 Å². The molecule has 2 aliphatic rings. The van der Waals surface area contributed by atoms with Crippen LogP contribution in [-0.2, 0) is 9.53 Å². The summed E-state index contributed by atoms with van der Waals surface area (Å²) in [7, 11) is 0. The number of nitrogens with zero attached hydrogens (tertiary/aromatic N) is 3. The van der Waals surface area contributed by atoms with Crippen molar-refractivity contribution in [3.63, 3.8) is 0 Å². The number of hydrogen-bond acceptors (Lipinski definition) is 5. The third kappa shape index (κ3) is 4.66. The highest BCUT2D eigenvalue weighted by atomic mass is 19.1. The predicted octanol–water partition coefficient (Wildman–Crippen LogP) is 2.41. The van der Waals surface area contributed by atoms with E-state index >= 15 is 0 Å². The molecule has 168 valence electrons. The molecule has 2 atom stereocenters. The largest absolute Gasteiger partial charge is 0.442 e. The van der Waals surface area contributed by atoms with Crippen LogP contribution in [-0.4, -0.2) is 67.9 Å². The zero-order chi connectivity index (χ0) is 22.7. The van der Waals surface area contributed by atoms with Crippen molar-refractivity contribution in [2.24, 2.45) is 0 Å². The van der Waals surface area contributed by atoms with Crippen molar-refractivity contribution in [2.45, 2.75) is 19.3 Å². The maximum Gasteiger partial charge on any atom is 0.414 e. The standard InChI is InChI=1S/C23H25FN4O4/c1-16(29)25-13-20-14-28(23(31)32-20)19-9-7-18(8-10-19)26-11-12-27(21(24)15-26)22(30)17-5-3-2-4-6-17/h2-10,20-21H,11-15H2,1H3,(H,25,29). The number of amides is 3. The first kappa shape index (κ1) is 21.6. The number of rotatable bonds is 5. The van der Waals surface area contributed by atoms with Crippen molar-refractivity contribution in [1.29, 1.82) is 0 Å². The van der Waals surface area contributed by atoms with E-state index in [0.29, 0.717) is 24.3 Å². The summed E-state index contributed by atoms with van der Waals surface area (Å²) in [6.07, 6.45) is -2.29. The van der Waals surface area contributed by atoms with Gasteiger partial charge in [-0.25, -0.2) is 9.18 Å². The summed E-state index contributed by atoms with van der Waals surface area (Å²) >= 11 is 0. The van der Waals surface area contributed by atoms with E-state index in [1.807, 2.05) is 23.1 Å². The molecule has 2 saturated heterocycles. The van der Waals surface area contributed by atoms with Crippen LogP contribution in [0.1, 0.15) is 17.3 Å². The maximum atomic E-state index is 14.8. The number of hydrogen-bond donors (Lipinski definition) is 1. The summed E-state index contributed by atoms with van der Waals surface area (Å²) in [4.78, 5) is 40.5. The van der Waals surface area contributed by atoms with Gasteiger partial charge >= 0.3 is 6.09 Å². The van der Waals surface area contributed by atoms with Gasteiger partial charge in [-0.15, -0.1) is 0 Å². The summed E-state index contributed by atoms with van der Waals surface area (Å²) in [6, 6.07) is 15.9. The Bertz CT molecular complexity index is 985. The second-order valence-corrected chi connectivity index (χ2v) is 7.81. The predicted molar refractivity (Wildman–Crippen MR) is 117 cm³/mol. The lowest BCUT2D eigenvalue weighted by atomic mass is 10.1. The molecule has 32 heavy (non-hydrogen) atoms. The van der Waals surface area contributed by atoms with E-state index in [0.717, 1.165) is 5.69 Å². The Labute approximate surface area is 185 Å². The SMILES string of the molecule is CC(=O)NCC1CN(c2ccc(N3CCN(C(=O)c4ccccc4)C(F)C3)cc2)C(=O)O1. The fourth-order valence-corrected chi connectivity index (χ4v) is 3.89. The number of anilines is 2. The highest BCUT2D eigenvalue weighted by Crippen LogP contribution is 2.27. The van der Waals surface area contributed by atoms with Gasteiger partial charge in [0.1, 0.15) is 6.10 Å². The molecule has 2 aromatic rings. The topological polar surface area (TPSA) is 82.2 Å². The zero-order valence-corrected chi connectivity index (χ0v) is 17.7. The van der Waals surface area contributed by atoms with Crippen molar-refractivity contribution in [3.05, 3.63) is 60.2 Å². The summed E-state index contributed by atoms with van der Waals surface area (Å²) in [5.41, 5.74) is 1.95. The van der Waals surface area contributed by atoms with Gasteiger partial charge in [0.05, 0.1) is 19.6 Å². The average Bonchev–Trinajstić information content (AvgIpc) is 3.18. The van der Waals surface area contributed by atoms with E-state index in [1.165, 1.54) is 16.7 Å². The molecule has 0 aliphatic carbocycles. The van der Waals surface area contributed by atoms with Crippen LogP contribution in [0.2, 0.25) is 0 Å². The Balaban J connectivity index is 1.36. The van der Waals surface area contributed by atoms with Crippen LogP contribution in [0, 0.1) is 0 Å². The third-order valence-electron chi connectivity index (χ3n) is 5.58. The molecule has 0 saturated carbocycles. The van der Waals surface area contributed by atoms with Gasteiger partial charge in [0.2, 0.25) is 5.91 Å². The van der Waals surface area contributed by atoms with Crippen molar-refractivity contribution < 1.29 is 23.5 Å². The molecule has 0 bridgehead atoms. The number of ether oxygens (including phenoxy) is 1. The number of halogens is 1. The van der Waals surface area contributed by atoms with Gasteiger partial charge in [0.15, 0.2) is 6.30 Å². The van der Waals surface area contributed by atoms with E-state index in [1.54, 1.807) is 36.4 Å². The molecule has 3 amide bonds. The molecule has 0 spiro atoms. The first-order chi connectivity index (χ1) is 15.4. The molecule has 4 rings (SSSR count). The Morgan fingerprint density at radius 2 is 1.72 bits per heavy atom. The average molecular weight is 440 g/mol. The minimum atomic E-state index is -1.42. The molecule has 2 fully saturated rings. The van der Waals surface area contributed by atoms with Gasteiger partial charge in [0.25, 0.3) is 5.91 Å². The Morgan fingerprint density at radius 1 is 1.03 bits per heavy atom. The Morgan fingerprint density at radius 3 is 2.38 bits per heavy atom. The molecule has 9 heteroatoms.